The molecule has 0 atom stereocenters. The van der Waals surface area contributed by atoms with Gasteiger partial charge in [0.1, 0.15) is 11.4 Å². The quantitative estimate of drug-likeness (QED) is 0.479. The molecule has 0 aliphatic rings. The summed E-state index contributed by atoms with van der Waals surface area (Å²) in [5.41, 5.74) is 2.59. The van der Waals surface area contributed by atoms with Crippen LogP contribution in [0.3, 0.4) is 0 Å². The van der Waals surface area contributed by atoms with Crippen LogP contribution in [0.1, 0.15) is 83.9 Å². The third-order valence-corrected chi connectivity index (χ3v) is 6.48. The van der Waals surface area contributed by atoms with Gasteiger partial charge in [0, 0.05) is 5.41 Å². The first kappa shape index (κ1) is 23.0. The van der Waals surface area contributed by atoms with Crippen LogP contribution in [0, 0.1) is 5.92 Å². The Morgan fingerprint density at radius 1 is 0.828 bits per heavy atom. The molecule has 0 aliphatic heterocycles. The smallest absolute Gasteiger partial charge is 0.309 e. The van der Waals surface area contributed by atoms with E-state index in [1.807, 2.05) is 26.0 Å². The molecule has 0 amide bonds. The number of rotatable bonds is 9. The van der Waals surface area contributed by atoms with E-state index in [2.05, 4.69) is 52.0 Å². The van der Waals surface area contributed by atoms with Crippen molar-refractivity contribution >= 4 is 5.97 Å². The molecule has 2 aromatic carbocycles. The summed E-state index contributed by atoms with van der Waals surface area (Å²) in [5.74, 6) is 0.141. The van der Waals surface area contributed by atoms with Crippen molar-refractivity contribution in [2.75, 3.05) is 0 Å². The largest absolute Gasteiger partial charge is 0.508 e. The van der Waals surface area contributed by atoms with Crippen LogP contribution in [0.2, 0.25) is 0 Å². The molecule has 0 unspecified atom stereocenters. The second kappa shape index (κ2) is 9.47. The standard InChI is InChI=1S/C26H36O3/c1-7-19(8-2)24(28)29-26(9-3,10-4)22-13-11-20(12-14-22)25(5,6)21-15-17-23(27)18-16-21/h11-19,27H,7-10H2,1-6H3. The number of benzene rings is 2. The van der Waals surface area contributed by atoms with Crippen molar-refractivity contribution in [3.63, 3.8) is 0 Å². The minimum atomic E-state index is -0.582. The summed E-state index contributed by atoms with van der Waals surface area (Å²) in [5, 5.41) is 9.58. The maximum absolute atomic E-state index is 12.7. The van der Waals surface area contributed by atoms with Crippen molar-refractivity contribution in [1.82, 2.24) is 0 Å². The second-order valence-corrected chi connectivity index (χ2v) is 8.39. The fourth-order valence-corrected chi connectivity index (χ4v) is 3.99. The van der Waals surface area contributed by atoms with Crippen molar-refractivity contribution in [1.29, 1.82) is 0 Å². The highest BCUT2D eigenvalue weighted by Gasteiger charge is 2.35. The maximum atomic E-state index is 12.7. The molecule has 0 spiro atoms. The van der Waals surface area contributed by atoms with Gasteiger partial charge in [0.15, 0.2) is 0 Å². The molecule has 0 aliphatic carbocycles. The van der Waals surface area contributed by atoms with Crippen LogP contribution >= 0.6 is 0 Å². The molecule has 158 valence electrons. The minimum Gasteiger partial charge on any atom is -0.508 e. The van der Waals surface area contributed by atoms with E-state index in [0.29, 0.717) is 0 Å². The summed E-state index contributed by atoms with van der Waals surface area (Å²) in [6, 6.07) is 15.8. The first-order valence-electron chi connectivity index (χ1n) is 10.9. The number of aromatic hydroxyl groups is 1. The molecule has 0 saturated heterocycles. The van der Waals surface area contributed by atoms with E-state index in [1.54, 1.807) is 12.1 Å². The number of hydrogen-bond donors (Lipinski definition) is 1. The van der Waals surface area contributed by atoms with Gasteiger partial charge in [0.25, 0.3) is 0 Å². The van der Waals surface area contributed by atoms with Gasteiger partial charge in [-0.05, 0) is 54.5 Å². The SMILES string of the molecule is CCC(CC)C(=O)OC(CC)(CC)c1ccc(C(C)(C)c2ccc(O)cc2)cc1. The van der Waals surface area contributed by atoms with Gasteiger partial charge >= 0.3 is 5.97 Å². The van der Waals surface area contributed by atoms with E-state index in [-0.39, 0.29) is 23.1 Å². The molecule has 0 heterocycles. The van der Waals surface area contributed by atoms with E-state index in [0.717, 1.165) is 36.8 Å². The van der Waals surface area contributed by atoms with Gasteiger partial charge in [-0.1, -0.05) is 77.9 Å². The summed E-state index contributed by atoms with van der Waals surface area (Å²) >= 11 is 0. The number of esters is 1. The Morgan fingerprint density at radius 2 is 1.24 bits per heavy atom. The molecule has 2 rings (SSSR count). The van der Waals surface area contributed by atoms with Crippen molar-refractivity contribution < 1.29 is 14.6 Å². The highest BCUT2D eigenvalue weighted by atomic mass is 16.6. The molecular weight excluding hydrogens is 360 g/mol. The Kier molecular flexibility index (Phi) is 7.51. The topological polar surface area (TPSA) is 46.5 Å². The zero-order chi connectivity index (χ0) is 21.7. The lowest BCUT2D eigenvalue weighted by molar-refractivity contribution is -0.167. The van der Waals surface area contributed by atoms with Crippen LogP contribution in [0.5, 0.6) is 5.75 Å². The fourth-order valence-electron chi connectivity index (χ4n) is 3.99. The van der Waals surface area contributed by atoms with Gasteiger partial charge in [0.2, 0.25) is 0 Å². The summed E-state index contributed by atoms with van der Waals surface area (Å²) < 4.78 is 6.12. The predicted octanol–water partition coefficient (Wildman–Crippen LogP) is 6.71. The molecule has 0 saturated carbocycles. The van der Waals surface area contributed by atoms with Crippen LogP contribution in [0.25, 0.3) is 0 Å². The third-order valence-electron chi connectivity index (χ3n) is 6.48. The molecule has 0 aromatic heterocycles. The number of ether oxygens (including phenoxy) is 1. The van der Waals surface area contributed by atoms with Gasteiger partial charge in [0.05, 0.1) is 5.92 Å². The Morgan fingerprint density at radius 3 is 1.66 bits per heavy atom. The average molecular weight is 397 g/mol. The molecule has 3 nitrogen and oxygen atoms in total. The Balaban J connectivity index is 2.34. The fraction of sp³-hybridized carbons (Fsp3) is 0.500. The van der Waals surface area contributed by atoms with Crippen molar-refractivity contribution in [3.05, 3.63) is 65.2 Å². The average Bonchev–Trinajstić information content (AvgIpc) is 2.73. The second-order valence-electron chi connectivity index (χ2n) is 8.39. The molecule has 0 fully saturated rings. The van der Waals surface area contributed by atoms with Gasteiger partial charge in [-0.25, -0.2) is 0 Å². The van der Waals surface area contributed by atoms with Gasteiger partial charge in [-0.15, -0.1) is 0 Å². The number of carbonyl (C=O) groups is 1. The summed E-state index contributed by atoms with van der Waals surface area (Å²) in [6.45, 7) is 12.6. The van der Waals surface area contributed by atoms with Gasteiger partial charge in [-0.3, -0.25) is 4.79 Å². The number of phenolic OH excluding ortho intramolecular Hbond substituents is 1. The van der Waals surface area contributed by atoms with Crippen LogP contribution in [-0.2, 0) is 20.5 Å². The normalized spacial score (nSPS) is 12.2. The highest BCUT2D eigenvalue weighted by Crippen LogP contribution is 2.37. The lowest BCUT2D eigenvalue weighted by Crippen LogP contribution is -2.34. The van der Waals surface area contributed by atoms with Crippen LogP contribution in [-0.4, -0.2) is 11.1 Å². The lowest BCUT2D eigenvalue weighted by atomic mass is 9.77. The van der Waals surface area contributed by atoms with Gasteiger partial charge in [-0.2, -0.15) is 0 Å². The van der Waals surface area contributed by atoms with Crippen molar-refractivity contribution in [3.8, 4) is 5.75 Å². The Bertz CT molecular complexity index is 780. The third kappa shape index (κ3) is 4.83. The van der Waals surface area contributed by atoms with Crippen LogP contribution in [0.4, 0.5) is 0 Å². The number of hydrogen-bond acceptors (Lipinski definition) is 3. The molecule has 29 heavy (non-hydrogen) atoms. The summed E-state index contributed by atoms with van der Waals surface area (Å²) in [4.78, 5) is 12.7. The van der Waals surface area contributed by atoms with Crippen LogP contribution < -0.4 is 0 Å². The number of phenols is 1. The van der Waals surface area contributed by atoms with E-state index >= 15 is 0 Å². The molecule has 0 bridgehead atoms. The predicted molar refractivity (Wildman–Crippen MR) is 119 cm³/mol. The van der Waals surface area contributed by atoms with E-state index in [4.69, 9.17) is 4.74 Å². The highest BCUT2D eigenvalue weighted by molar-refractivity contribution is 5.73. The van der Waals surface area contributed by atoms with E-state index in [9.17, 15) is 9.90 Å². The van der Waals surface area contributed by atoms with Crippen molar-refractivity contribution in [2.24, 2.45) is 5.92 Å². The number of carbonyl (C=O) groups excluding carboxylic acids is 1. The molecule has 0 radical (unpaired) electrons. The summed E-state index contributed by atoms with van der Waals surface area (Å²) in [7, 11) is 0. The molecule has 3 heteroatoms. The maximum Gasteiger partial charge on any atom is 0.309 e. The van der Waals surface area contributed by atoms with Crippen LogP contribution in [0.15, 0.2) is 48.5 Å². The molecular formula is C26H36O3. The Hall–Kier alpha value is -2.29. The lowest BCUT2D eigenvalue weighted by Gasteiger charge is -2.34. The van der Waals surface area contributed by atoms with Gasteiger partial charge < -0.3 is 9.84 Å². The first-order chi connectivity index (χ1) is 13.7. The van der Waals surface area contributed by atoms with Crippen molar-refractivity contribution in [2.45, 2.75) is 78.2 Å². The zero-order valence-corrected chi connectivity index (χ0v) is 18.8. The molecule has 2 aromatic rings. The first-order valence-corrected chi connectivity index (χ1v) is 10.9. The summed E-state index contributed by atoms with van der Waals surface area (Å²) in [6.07, 6.45) is 3.10. The Labute approximate surface area is 176 Å². The zero-order valence-electron chi connectivity index (χ0n) is 18.8. The van der Waals surface area contributed by atoms with E-state index in [1.165, 1.54) is 5.56 Å². The van der Waals surface area contributed by atoms with E-state index < -0.39 is 5.60 Å². The minimum absolute atomic E-state index is 0.0415. The molecule has 1 N–H and O–H groups in total. The monoisotopic (exact) mass is 396 g/mol.